The van der Waals surface area contributed by atoms with E-state index < -0.39 is 23.5 Å². The molecular formula is C28H40N6O8. The molecule has 0 radical (unpaired) electrons. The molecule has 0 aromatic heterocycles. The van der Waals surface area contributed by atoms with Gasteiger partial charge < -0.3 is 18.9 Å². The number of ether oxygens (including phenoxy) is 4. The second-order valence-corrected chi connectivity index (χ2v) is 11.0. The molecule has 0 fully saturated rings. The van der Waals surface area contributed by atoms with Crippen LogP contribution in [-0.4, -0.2) is 64.0 Å². The minimum absolute atomic E-state index is 0.0300. The molecule has 0 saturated carbocycles. The molecule has 0 bridgehead atoms. The van der Waals surface area contributed by atoms with Crippen LogP contribution in [0.4, 0.5) is 32.3 Å². The van der Waals surface area contributed by atoms with Crippen LogP contribution >= 0.6 is 0 Å². The zero-order valence-electron chi connectivity index (χ0n) is 24.9. The van der Waals surface area contributed by atoms with Crippen LogP contribution in [0.1, 0.15) is 40.5 Å². The van der Waals surface area contributed by atoms with Gasteiger partial charge in [-0.3, -0.25) is 19.7 Å². The normalized spacial score (nSPS) is 14.5. The lowest BCUT2D eigenvalue weighted by molar-refractivity contribution is -0.0871. The van der Waals surface area contributed by atoms with Crippen LogP contribution < -0.4 is 31.4 Å². The van der Waals surface area contributed by atoms with Gasteiger partial charge in [0.05, 0.1) is 42.4 Å². The third-order valence-electron chi connectivity index (χ3n) is 6.65. The zero-order chi connectivity index (χ0) is 30.3. The maximum Gasteiger partial charge on any atom is 0.534 e. The summed E-state index contributed by atoms with van der Waals surface area (Å²) in [6.07, 6.45) is -0.606. The summed E-state index contributed by atoms with van der Waals surface area (Å²) in [4.78, 5) is 34.9. The number of hydrogen-bond acceptors (Lipinski definition) is 14. The molecular weight excluding hydrogens is 548 g/mol. The van der Waals surface area contributed by atoms with Crippen molar-refractivity contribution in [3.8, 4) is 0 Å². The number of hydrazine groups is 4. The van der Waals surface area contributed by atoms with Crippen molar-refractivity contribution in [1.82, 2.24) is 11.1 Å². The van der Waals surface area contributed by atoms with E-state index in [0.29, 0.717) is 30.8 Å². The molecule has 0 spiro atoms. The number of hydrogen-bond donors (Lipinski definition) is 2. The van der Waals surface area contributed by atoms with Crippen LogP contribution in [0.15, 0.2) is 48.5 Å². The number of nitrogens with one attached hydrogen (secondary N) is 2. The first-order valence-corrected chi connectivity index (χ1v) is 13.7. The number of nitrogens with zero attached hydrogens (tertiary/aromatic N) is 4. The van der Waals surface area contributed by atoms with Gasteiger partial charge in [-0.2, -0.15) is 0 Å². The highest BCUT2D eigenvalue weighted by molar-refractivity contribution is 5.75. The smallest absolute Gasteiger partial charge is 0.433 e. The van der Waals surface area contributed by atoms with Gasteiger partial charge in [-0.1, -0.05) is 24.3 Å². The molecule has 0 amide bonds. The van der Waals surface area contributed by atoms with Gasteiger partial charge in [0.15, 0.2) is 0 Å². The van der Waals surface area contributed by atoms with Crippen LogP contribution in [0, 0.1) is 0 Å². The molecule has 2 aromatic rings. The van der Waals surface area contributed by atoms with Gasteiger partial charge in [0.2, 0.25) is 0 Å². The van der Waals surface area contributed by atoms with Crippen molar-refractivity contribution in [3.63, 3.8) is 0 Å². The Kier molecular flexibility index (Phi) is 9.83. The quantitative estimate of drug-likeness (QED) is 0.256. The molecule has 0 atom stereocenters. The topological polar surface area (TPSA) is 127 Å². The Bertz CT molecular complexity index is 1230. The monoisotopic (exact) mass is 588 g/mol. The van der Waals surface area contributed by atoms with E-state index in [1.807, 2.05) is 90.3 Å². The van der Waals surface area contributed by atoms with E-state index in [1.165, 1.54) is 10.3 Å². The van der Waals surface area contributed by atoms with Crippen LogP contribution in [0.2, 0.25) is 0 Å². The Labute approximate surface area is 245 Å². The molecule has 0 unspecified atom stereocenters. The summed E-state index contributed by atoms with van der Waals surface area (Å²) in [5.41, 5.74) is 7.89. The number of carbonyl (C=O) groups excluding carboxylic acids is 2. The largest absolute Gasteiger partial charge is 0.534 e. The highest BCUT2D eigenvalue weighted by Gasteiger charge is 2.29. The fourth-order valence-corrected chi connectivity index (χ4v) is 4.21. The second-order valence-electron chi connectivity index (χ2n) is 11.0. The summed E-state index contributed by atoms with van der Waals surface area (Å²) in [5.74, 6) is 0. The van der Waals surface area contributed by atoms with Crippen molar-refractivity contribution < 1.29 is 38.2 Å². The number of anilines is 4. The Morgan fingerprint density at radius 3 is 1.52 bits per heavy atom. The molecule has 2 aliphatic heterocycles. The molecule has 0 saturated heterocycles. The van der Waals surface area contributed by atoms with E-state index in [1.54, 1.807) is 10.0 Å². The summed E-state index contributed by atoms with van der Waals surface area (Å²) in [7, 11) is 3.63. The number of rotatable bonds is 13. The molecule has 4 rings (SSSR count). The second kappa shape index (κ2) is 13.3. The fourth-order valence-electron chi connectivity index (χ4n) is 4.21. The first-order chi connectivity index (χ1) is 19.9. The first kappa shape index (κ1) is 31.0. The molecule has 230 valence electrons. The third kappa shape index (κ3) is 8.28. The molecule has 0 aliphatic carbocycles. The number of para-hydroxylation sites is 4. The zero-order valence-corrected chi connectivity index (χ0v) is 24.9. The summed E-state index contributed by atoms with van der Waals surface area (Å²) in [5, 5.41) is 5.97. The van der Waals surface area contributed by atoms with Crippen molar-refractivity contribution in [3.05, 3.63) is 48.5 Å². The lowest BCUT2D eigenvalue weighted by atomic mass is 10.0. The molecule has 2 N–H and O–H groups in total. The average molecular weight is 589 g/mol. The predicted octanol–water partition coefficient (Wildman–Crippen LogP) is 4.25. The van der Waals surface area contributed by atoms with E-state index in [0.717, 1.165) is 11.4 Å². The lowest BCUT2D eigenvalue weighted by Gasteiger charge is -2.29. The van der Waals surface area contributed by atoms with Crippen molar-refractivity contribution in [2.45, 2.75) is 51.7 Å². The fraction of sp³-hybridized carbons (Fsp3) is 0.500. The molecule has 14 heteroatoms. The minimum Gasteiger partial charge on any atom is -0.433 e. The van der Waals surface area contributed by atoms with Gasteiger partial charge >= 0.3 is 12.3 Å². The maximum absolute atomic E-state index is 12.2. The molecule has 2 aromatic carbocycles. The van der Waals surface area contributed by atoms with Crippen LogP contribution in [-0.2, 0) is 28.6 Å². The maximum atomic E-state index is 12.2. The Morgan fingerprint density at radius 2 is 1.02 bits per heavy atom. The van der Waals surface area contributed by atoms with Crippen molar-refractivity contribution >= 4 is 35.1 Å². The average Bonchev–Trinajstić information content (AvgIpc) is 3.42. The summed E-state index contributed by atoms with van der Waals surface area (Å²) in [6, 6.07) is 14.9. The number of carbonyl (C=O) groups is 2. The van der Waals surface area contributed by atoms with Crippen LogP contribution in [0.5, 0.6) is 0 Å². The van der Waals surface area contributed by atoms with E-state index >= 15 is 0 Å². The van der Waals surface area contributed by atoms with E-state index in [-0.39, 0.29) is 19.8 Å². The SMILES string of the molecule is CN1NN(OC(=O)OCCOC(C)(C)CCOC(C)(C)CCOC(=O)ON2NN(C)c3ccccc32)c2ccccc21. The number of benzene rings is 2. The van der Waals surface area contributed by atoms with Crippen molar-refractivity contribution in [2.75, 3.05) is 60.9 Å². The van der Waals surface area contributed by atoms with Crippen LogP contribution in [0.3, 0.4) is 0 Å². The Balaban J connectivity index is 1.07. The summed E-state index contributed by atoms with van der Waals surface area (Å²) in [6.45, 7) is 8.48. The summed E-state index contributed by atoms with van der Waals surface area (Å²) < 4.78 is 22.3. The van der Waals surface area contributed by atoms with E-state index in [4.69, 9.17) is 28.6 Å². The minimum atomic E-state index is -0.848. The predicted molar refractivity (Wildman–Crippen MR) is 155 cm³/mol. The van der Waals surface area contributed by atoms with Crippen molar-refractivity contribution in [1.29, 1.82) is 0 Å². The summed E-state index contributed by atoms with van der Waals surface area (Å²) >= 11 is 0. The highest BCUT2D eigenvalue weighted by Crippen LogP contribution is 2.33. The molecule has 42 heavy (non-hydrogen) atoms. The van der Waals surface area contributed by atoms with Gasteiger partial charge in [-0.15, -0.1) is 21.4 Å². The van der Waals surface area contributed by atoms with Gasteiger partial charge in [-0.25, -0.2) is 9.59 Å². The lowest BCUT2D eigenvalue weighted by Crippen LogP contribution is -2.43. The Hall–Kier alpha value is -3.98. The van der Waals surface area contributed by atoms with E-state index in [2.05, 4.69) is 11.1 Å². The van der Waals surface area contributed by atoms with Gasteiger partial charge in [-0.05, 0) is 58.4 Å². The molecule has 2 aliphatic rings. The van der Waals surface area contributed by atoms with Gasteiger partial charge in [0.25, 0.3) is 0 Å². The van der Waals surface area contributed by atoms with Crippen molar-refractivity contribution in [2.24, 2.45) is 0 Å². The first-order valence-electron chi connectivity index (χ1n) is 13.7. The highest BCUT2D eigenvalue weighted by atomic mass is 16.8. The van der Waals surface area contributed by atoms with Gasteiger partial charge in [0.1, 0.15) is 18.0 Å². The Morgan fingerprint density at radius 1 is 0.619 bits per heavy atom. The number of fused-ring (bicyclic) bond motifs is 2. The van der Waals surface area contributed by atoms with E-state index in [9.17, 15) is 9.59 Å². The molecule has 2 heterocycles. The standard InChI is InChI=1S/C28H40N6O8/c1-27(2,15-17-37-25(35)41-33-23-13-9-7-11-21(23)31(5)29-33)39-18-16-28(3,4)40-20-19-38-26(36)42-34-24-14-10-8-12-22(24)32(6)30-34/h7-14,29-30H,15-20H2,1-6H3. The van der Waals surface area contributed by atoms with Gasteiger partial charge in [0, 0.05) is 20.5 Å². The van der Waals surface area contributed by atoms with Crippen LogP contribution in [0.25, 0.3) is 0 Å². The third-order valence-corrected chi connectivity index (χ3v) is 6.65. The molecule has 14 nitrogen and oxygen atoms in total.